The van der Waals surface area contributed by atoms with E-state index in [1.165, 1.54) is 0 Å². The highest BCUT2D eigenvalue weighted by Gasteiger charge is 2.20. The van der Waals surface area contributed by atoms with Gasteiger partial charge in [-0.15, -0.1) is 0 Å². The molecule has 0 aromatic carbocycles. The average molecular weight is 258 g/mol. The molecule has 0 rings (SSSR count). The van der Waals surface area contributed by atoms with E-state index in [-0.39, 0.29) is 18.7 Å². The SMILES string of the molecule is CCC(C)CCC(=O)N[C@@H](CCC(N)=O)C(=O)O. The zero-order valence-corrected chi connectivity index (χ0v) is 10.9. The Balaban J connectivity index is 4.11. The lowest BCUT2D eigenvalue weighted by atomic mass is 10.0. The van der Waals surface area contributed by atoms with Gasteiger partial charge in [0.05, 0.1) is 0 Å². The molecule has 0 saturated heterocycles. The number of carbonyl (C=O) groups is 3. The number of nitrogens with one attached hydrogen (secondary N) is 1. The summed E-state index contributed by atoms with van der Waals surface area (Å²) in [6, 6.07) is -1.04. The van der Waals surface area contributed by atoms with Crippen LogP contribution in [0.2, 0.25) is 0 Å². The molecule has 0 aliphatic carbocycles. The Morgan fingerprint density at radius 2 is 1.83 bits per heavy atom. The van der Waals surface area contributed by atoms with Crippen LogP contribution in [0.1, 0.15) is 46.0 Å². The molecule has 2 atom stereocenters. The van der Waals surface area contributed by atoms with Crippen molar-refractivity contribution >= 4 is 17.8 Å². The Hall–Kier alpha value is -1.59. The van der Waals surface area contributed by atoms with Crippen molar-refractivity contribution < 1.29 is 19.5 Å². The van der Waals surface area contributed by atoms with Crippen molar-refractivity contribution in [3.05, 3.63) is 0 Å². The van der Waals surface area contributed by atoms with Gasteiger partial charge in [0.2, 0.25) is 11.8 Å². The van der Waals surface area contributed by atoms with Gasteiger partial charge in [-0.05, 0) is 18.8 Å². The minimum atomic E-state index is -1.15. The molecule has 6 nitrogen and oxygen atoms in total. The molecule has 0 spiro atoms. The molecule has 104 valence electrons. The molecule has 0 fully saturated rings. The second kappa shape index (κ2) is 8.49. The van der Waals surface area contributed by atoms with Crippen molar-refractivity contribution in [2.24, 2.45) is 11.7 Å². The molecule has 18 heavy (non-hydrogen) atoms. The zero-order chi connectivity index (χ0) is 14.1. The van der Waals surface area contributed by atoms with E-state index in [1.54, 1.807) is 0 Å². The van der Waals surface area contributed by atoms with Crippen molar-refractivity contribution in [3.8, 4) is 0 Å². The molecule has 0 bridgehead atoms. The van der Waals surface area contributed by atoms with E-state index in [0.717, 1.165) is 12.8 Å². The van der Waals surface area contributed by atoms with Crippen LogP contribution in [0.3, 0.4) is 0 Å². The number of carboxylic acid groups (broad SMARTS) is 1. The third-order valence-corrected chi connectivity index (χ3v) is 2.87. The van der Waals surface area contributed by atoms with Crippen LogP contribution in [-0.4, -0.2) is 28.9 Å². The van der Waals surface area contributed by atoms with Crippen LogP contribution in [0.15, 0.2) is 0 Å². The fourth-order valence-electron chi connectivity index (χ4n) is 1.39. The van der Waals surface area contributed by atoms with Crippen LogP contribution in [0, 0.1) is 5.92 Å². The van der Waals surface area contributed by atoms with E-state index in [0.29, 0.717) is 12.3 Å². The highest BCUT2D eigenvalue weighted by molar-refractivity contribution is 5.84. The summed E-state index contributed by atoms with van der Waals surface area (Å²) in [5.74, 6) is -1.58. The first kappa shape index (κ1) is 16.4. The molecule has 1 unspecified atom stereocenters. The first-order valence-electron chi connectivity index (χ1n) is 6.17. The predicted molar refractivity (Wildman–Crippen MR) is 66.7 cm³/mol. The summed E-state index contributed by atoms with van der Waals surface area (Å²) in [6.07, 6.45) is 1.99. The molecule has 0 aromatic rings. The van der Waals surface area contributed by atoms with E-state index < -0.39 is 17.9 Å². The molecule has 2 amide bonds. The predicted octanol–water partition coefficient (Wildman–Crippen LogP) is 0.648. The second-order valence-corrected chi connectivity index (χ2v) is 4.52. The summed E-state index contributed by atoms with van der Waals surface area (Å²) in [7, 11) is 0. The lowest BCUT2D eigenvalue weighted by molar-refractivity contribution is -0.142. The number of hydrogen-bond donors (Lipinski definition) is 3. The van der Waals surface area contributed by atoms with Gasteiger partial charge >= 0.3 is 5.97 Å². The normalized spacial score (nSPS) is 13.7. The van der Waals surface area contributed by atoms with Gasteiger partial charge in [-0.3, -0.25) is 9.59 Å². The maximum atomic E-state index is 11.5. The molecule has 6 heteroatoms. The number of rotatable bonds is 9. The molecule has 0 aliphatic heterocycles. The maximum absolute atomic E-state index is 11.5. The van der Waals surface area contributed by atoms with Crippen molar-refractivity contribution in [2.45, 2.75) is 52.0 Å². The van der Waals surface area contributed by atoms with Crippen molar-refractivity contribution in [1.29, 1.82) is 0 Å². The van der Waals surface area contributed by atoms with E-state index in [2.05, 4.69) is 5.32 Å². The number of primary amides is 1. The summed E-state index contributed by atoms with van der Waals surface area (Å²) in [5, 5.41) is 11.3. The van der Waals surface area contributed by atoms with E-state index >= 15 is 0 Å². The number of hydrogen-bond acceptors (Lipinski definition) is 3. The number of carbonyl (C=O) groups excluding carboxylic acids is 2. The molecule has 0 saturated carbocycles. The van der Waals surface area contributed by atoms with Crippen molar-refractivity contribution in [3.63, 3.8) is 0 Å². The molecular weight excluding hydrogens is 236 g/mol. The highest BCUT2D eigenvalue weighted by Crippen LogP contribution is 2.09. The fourth-order valence-corrected chi connectivity index (χ4v) is 1.39. The van der Waals surface area contributed by atoms with Crippen molar-refractivity contribution in [2.75, 3.05) is 0 Å². The van der Waals surface area contributed by atoms with Crippen LogP contribution >= 0.6 is 0 Å². The van der Waals surface area contributed by atoms with Crippen LogP contribution in [0.5, 0.6) is 0 Å². The van der Waals surface area contributed by atoms with E-state index in [9.17, 15) is 14.4 Å². The quantitative estimate of drug-likeness (QED) is 0.564. The van der Waals surface area contributed by atoms with E-state index in [4.69, 9.17) is 10.8 Å². The summed E-state index contributed by atoms with van der Waals surface area (Å²) in [6.45, 7) is 4.07. The number of carboxylic acids is 1. The molecule has 0 heterocycles. The Morgan fingerprint density at radius 1 is 1.22 bits per heavy atom. The van der Waals surface area contributed by atoms with Gasteiger partial charge in [-0.25, -0.2) is 4.79 Å². The lowest BCUT2D eigenvalue weighted by Gasteiger charge is -2.14. The minimum Gasteiger partial charge on any atom is -0.480 e. The first-order chi connectivity index (χ1) is 8.36. The Kier molecular flexibility index (Phi) is 7.74. The van der Waals surface area contributed by atoms with Gasteiger partial charge in [0.15, 0.2) is 0 Å². The summed E-state index contributed by atoms with van der Waals surface area (Å²) >= 11 is 0. The second-order valence-electron chi connectivity index (χ2n) is 4.52. The molecular formula is C12H22N2O4. The van der Waals surface area contributed by atoms with Gasteiger partial charge < -0.3 is 16.2 Å². The maximum Gasteiger partial charge on any atom is 0.326 e. The smallest absolute Gasteiger partial charge is 0.326 e. The monoisotopic (exact) mass is 258 g/mol. The van der Waals surface area contributed by atoms with Crippen LogP contribution < -0.4 is 11.1 Å². The Bertz CT molecular complexity index is 304. The topological polar surface area (TPSA) is 109 Å². The standard InChI is InChI=1S/C12H22N2O4/c1-3-8(2)4-7-11(16)14-9(12(17)18)5-6-10(13)15/h8-9H,3-7H2,1-2H3,(H2,13,15)(H,14,16)(H,17,18)/t8?,9-/m0/s1. The van der Waals surface area contributed by atoms with Crippen LogP contribution in [-0.2, 0) is 14.4 Å². The lowest BCUT2D eigenvalue weighted by Crippen LogP contribution is -2.41. The van der Waals surface area contributed by atoms with Crippen LogP contribution in [0.4, 0.5) is 0 Å². The first-order valence-corrected chi connectivity index (χ1v) is 6.17. The zero-order valence-electron chi connectivity index (χ0n) is 10.9. The average Bonchev–Trinajstić information content (AvgIpc) is 2.30. The van der Waals surface area contributed by atoms with E-state index in [1.807, 2.05) is 13.8 Å². The van der Waals surface area contributed by atoms with Gasteiger partial charge in [0, 0.05) is 12.8 Å². The Morgan fingerprint density at radius 3 is 2.28 bits per heavy atom. The van der Waals surface area contributed by atoms with Gasteiger partial charge in [0.1, 0.15) is 6.04 Å². The van der Waals surface area contributed by atoms with Gasteiger partial charge in [0.25, 0.3) is 0 Å². The third kappa shape index (κ3) is 7.65. The number of aliphatic carboxylic acids is 1. The molecule has 0 aromatic heterocycles. The largest absolute Gasteiger partial charge is 0.480 e. The minimum absolute atomic E-state index is 0.0275. The number of amides is 2. The van der Waals surface area contributed by atoms with Gasteiger partial charge in [-0.2, -0.15) is 0 Å². The highest BCUT2D eigenvalue weighted by atomic mass is 16.4. The third-order valence-electron chi connectivity index (χ3n) is 2.87. The molecule has 4 N–H and O–H groups in total. The van der Waals surface area contributed by atoms with Crippen LogP contribution in [0.25, 0.3) is 0 Å². The van der Waals surface area contributed by atoms with Crippen molar-refractivity contribution in [1.82, 2.24) is 5.32 Å². The molecule has 0 radical (unpaired) electrons. The summed E-state index contributed by atoms with van der Waals surface area (Å²) < 4.78 is 0. The molecule has 0 aliphatic rings. The number of nitrogens with two attached hydrogens (primary N) is 1. The Labute approximate surface area is 107 Å². The van der Waals surface area contributed by atoms with Gasteiger partial charge in [-0.1, -0.05) is 20.3 Å². The fraction of sp³-hybridized carbons (Fsp3) is 0.750. The summed E-state index contributed by atoms with van der Waals surface area (Å²) in [4.78, 5) is 33.0. The summed E-state index contributed by atoms with van der Waals surface area (Å²) in [5.41, 5.74) is 4.94.